The van der Waals surface area contributed by atoms with Crippen LogP contribution in [0.3, 0.4) is 0 Å². The fraction of sp³-hybridized carbons (Fsp3) is 0.176. The summed E-state index contributed by atoms with van der Waals surface area (Å²) in [6.07, 6.45) is 1.63. The molecule has 3 rings (SSSR count). The maximum absolute atomic E-state index is 10.4. The van der Waals surface area contributed by atoms with E-state index in [9.17, 15) is 5.11 Å². The summed E-state index contributed by atoms with van der Waals surface area (Å²) < 4.78 is 6.51. The van der Waals surface area contributed by atoms with E-state index in [1.807, 2.05) is 31.2 Å². The van der Waals surface area contributed by atoms with Gasteiger partial charge < -0.3 is 9.84 Å². The number of hydrogen-bond acceptors (Lipinski definition) is 6. The largest absolute Gasteiger partial charge is 0.497 e. The summed E-state index contributed by atoms with van der Waals surface area (Å²) in [4.78, 5) is 4.17. The van der Waals surface area contributed by atoms with Crippen LogP contribution in [0.25, 0.3) is 5.82 Å². The minimum absolute atomic E-state index is 0.0962. The molecule has 0 aliphatic heterocycles. The molecule has 0 unspecified atom stereocenters. The number of aromatic hydroxyl groups is 1. The molecule has 0 spiro atoms. The van der Waals surface area contributed by atoms with Crippen LogP contribution in [0.2, 0.25) is 0 Å². The minimum Gasteiger partial charge on any atom is -0.497 e. The van der Waals surface area contributed by atoms with Gasteiger partial charge in [-0.15, -0.1) is 5.11 Å². The van der Waals surface area contributed by atoms with E-state index in [0.29, 0.717) is 22.9 Å². The van der Waals surface area contributed by atoms with Crippen molar-refractivity contribution in [3.8, 4) is 17.4 Å². The molecule has 0 aliphatic rings. The van der Waals surface area contributed by atoms with Gasteiger partial charge in [0.05, 0.1) is 18.5 Å². The van der Waals surface area contributed by atoms with Crippen molar-refractivity contribution in [3.63, 3.8) is 0 Å². The van der Waals surface area contributed by atoms with Crippen molar-refractivity contribution < 1.29 is 9.84 Å². The Hall–Kier alpha value is -3.22. The molecule has 122 valence electrons. The average Bonchev–Trinajstić information content (AvgIpc) is 2.89. The lowest BCUT2D eigenvalue weighted by Crippen LogP contribution is -1.98. The number of pyridine rings is 1. The number of ether oxygens (including phenoxy) is 1. The molecule has 0 aliphatic carbocycles. The second kappa shape index (κ2) is 6.49. The predicted octanol–water partition coefficient (Wildman–Crippen LogP) is 4.01. The van der Waals surface area contributed by atoms with Crippen molar-refractivity contribution in [2.75, 3.05) is 7.11 Å². The molecular formula is C17H17N5O2. The number of rotatable bonds is 4. The van der Waals surface area contributed by atoms with Crippen LogP contribution in [-0.4, -0.2) is 27.0 Å². The highest BCUT2D eigenvalue weighted by Gasteiger charge is 2.16. The average molecular weight is 323 g/mol. The number of methoxy groups -OCH3 is 1. The molecule has 2 heterocycles. The van der Waals surface area contributed by atoms with E-state index in [4.69, 9.17) is 4.74 Å². The highest BCUT2D eigenvalue weighted by Crippen LogP contribution is 2.34. The van der Waals surface area contributed by atoms with Crippen LogP contribution >= 0.6 is 0 Å². The topological polar surface area (TPSA) is 84.9 Å². The Kier molecular flexibility index (Phi) is 4.24. The zero-order valence-corrected chi connectivity index (χ0v) is 13.6. The zero-order valence-electron chi connectivity index (χ0n) is 13.6. The van der Waals surface area contributed by atoms with Crippen molar-refractivity contribution in [1.29, 1.82) is 0 Å². The molecule has 24 heavy (non-hydrogen) atoms. The van der Waals surface area contributed by atoms with Crippen LogP contribution in [-0.2, 0) is 0 Å². The van der Waals surface area contributed by atoms with Gasteiger partial charge in [0.25, 0.3) is 0 Å². The van der Waals surface area contributed by atoms with Gasteiger partial charge in [-0.05, 0) is 49.7 Å². The number of aryl methyl sites for hydroxylation is 2. The molecule has 2 aromatic heterocycles. The van der Waals surface area contributed by atoms with E-state index in [0.717, 1.165) is 11.3 Å². The minimum atomic E-state index is -0.0962. The van der Waals surface area contributed by atoms with Crippen LogP contribution in [0.15, 0.2) is 52.8 Å². The third-order valence-corrected chi connectivity index (χ3v) is 3.53. The molecule has 0 atom stereocenters. The van der Waals surface area contributed by atoms with Gasteiger partial charge in [0.2, 0.25) is 5.88 Å². The van der Waals surface area contributed by atoms with E-state index in [-0.39, 0.29) is 5.88 Å². The Balaban J connectivity index is 1.95. The van der Waals surface area contributed by atoms with Crippen LogP contribution in [0, 0.1) is 13.8 Å². The highest BCUT2D eigenvalue weighted by atomic mass is 16.5. The van der Waals surface area contributed by atoms with Gasteiger partial charge in [0.15, 0.2) is 11.5 Å². The lowest BCUT2D eigenvalue weighted by molar-refractivity contribution is 0.414. The number of hydrogen-bond donors (Lipinski definition) is 1. The Bertz CT molecular complexity index is 887. The first kappa shape index (κ1) is 15.7. The Labute approximate surface area is 139 Å². The van der Waals surface area contributed by atoms with Gasteiger partial charge >= 0.3 is 0 Å². The van der Waals surface area contributed by atoms with Crippen molar-refractivity contribution in [2.45, 2.75) is 13.8 Å². The molecule has 0 radical (unpaired) electrons. The Morgan fingerprint density at radius 3 is 2.62 bits per heavy atom. The van der Waals surface area contributed by atoms with E-state index in [2.05, 4.69) is 20.3 Å². The zero-order chi connectivity index (χ0) is 17.1. The molecule has 0 saturated carbocycles. The van der Waals surface area contributed by atoms with E-state index >= 15 is 0 Å². The molecule has 1 aromatic carbocycles. The van der Waals surface area contributed by atoms with Gasteiger partial charge in [-0.25, -0.2) is 4.98 Å². The predicted molar refractivity (Wildman–Crippen MR) is 89.7 cm³/mol. The molecule has 0 amide bonds. The van der Waals surface area contributed by atoms with Crippen molar-refractivity contribution >= 4 is 11.4 Å². The van der Waals surface area contributed by atoms with Crippen LogP contribution in [0.5, 0.6) is 11.6 Å². The number of nitrogens with zero attached hydrogens (tertiary/aromatic N) is 5. The molecule has 7 nitrogen and oxygen atoms in total. The summed E-state index contributed by atoms with van der Waals surface area (Å²) in [7, 11) is 1.61. The lowest BCUT2D eigenvalue weighted by atomic mass is 10.2. The van der Waals surface area contributed by atoms with Gasteiger partial charge in [-0.3, -0.25) is 0 Å². The summed E-state index contributed by atoms with van der Waals surface area (Å²) in [5.41, 5.74) is 2.50. The first-order valence-electron chi connectivity index (χ1n) is 7.36. The Morgan fingerprint density at radius 2 is 1.96 bits per heavy atom. The summed E-state index contributed by atoms with van der Waals surface area (Å²) in [6.45, 7) is 3.68. The lowest BCUT2D eigenvalue weighted by Gasteiger charge is -2.03. The van der Waals surface area contributed by atoms with Gasteiger partial charge in [0, 0.05) is 6.20 Å². The third-order valence-electron chi connectivity index (χ3n) is 3.53. The van der Waals surface area contributed by atoms with E-state index in [1.54, 1.807) is 32.4 Å². The molecule has 0 saturated heterocycles. The van der Waals surface area contributed by atoms with E-state index < -0.39 is 0 Å². The molecule has 3 aromatic rings. The fourth-order valence-electron chi connectivity index (χ4n) is 2.23. The third kappa shape index (κ3) is 2.96. The summed E-state index contributed by atoms with van der Waals surface area (Å²) in [5.74, 6) is 1.18. The Morgan fingerprint density at radius 1 is 1.12 bits per heavy atom. The quantitative estimate of drug-likeness (QED) is 0.735. The van der Waals surface area contributed by atoms with E-state index in [1.165, 1.54) is 4.68 Å². The maximum Gasteiger partial charge on any atom is 0.244 e. The first-order chi connectivity index (χ1) is 11.6. The normalized spacial score (nSPS) is 11.1. The SMILES string of the molecule is COc1ccc(N=Nc2c(C)nn(-c3ccccn3)c2O)c(C)c1. The standard InChI is InChI=1S/C17H17N5O2/c1-11-10-13(24-3)7-8-14(11)19-20-16-12(2)21-22(17(16)23)15-6-4-5-9-18-15/h4-10,23H,1-3H3. The molecule has 0 bridgehead atoms. The summed E-state index contributed by atoms with van der Waals surface area (Å²) in [5, 5.41) is 23.0. The fourth-order valence-corrected chi connectivity index (χ4v) is 2.23. The highest BCUT2D eigenvalue weighted by molar-refractivity contribution is 5.54. The van der Waals surface area contributed by atoms with Crippen LogP contribution < -0.4 is 4.74 Å². The van der Waals surface area contributed by atoms with Gasteiger partial charge in [-0.2, -0.15) is 14.9 Å². The molecule has 0 fully saturated rings. The van der Waals surface area contributed by atoms with Crippen molar-refractivity contribution in [1.82, 2.24) is 14.8 Å². The van der Waals surface area contributed by atoms with Gasteiger partial charge in [0.1, 0.15) is 5.75 Å². The van der Waals surface area contributed by atoms with Crippen LogP contribution in [0.4, 0.5) is 11.4 Å². The smallest absolute Gasteiger partial charge is 0.244 e. The summed E-state index contributed by atoms with van der Waals surface area (Å²) >= 11 is 0. The molecular weight excluding hydrogens is 306 g/mol. The number of aromatic nitrogens is 3. The summed E-state index contributed by atoms with van der Waals surface area (Å²) in [6, 6.07) is 10.9. The maximum atomic E-state index is 10.4. The monoisotopic (exact) mass is 323 g/mol. The second-order valence-electron chi connectivity index (χ2n) is 5.21. The van der Waals surface area contributed by atoms with Crippen molar-refractivity contribution in [2.24, 2.45) is 10.2 Å². The number of benzene rings is 1. The van der Waals surface area contributed by atoms with Crippen molar-refractivity contribution in [3.05, 3.63) is 53.9 Å². The molecule has 1 N–H and O–H groups in total. The molecule has 7 heteroatoms. The number of azo groups is 1. The first-order valence-corrected chi connectivity index (χ1v) is 7.36. The van der Waals surface area contributed by atoms with Crippen LogP contribution in [0.1, 0.15) is 11.3 Å². The van der Waals surface area contributed by atoms with Gasteiger partial charge in [-0.1, -0.05) is 6.07 Å². The second-order valence-corrected chi connectivity index (χ2v) is 5.21.